The van der Waals surface area contributed by atoms with Crippen LogP contribution in [-0.4, -0.2) is 37.9 Å². The first-order chi connectivity index (χ1) is 8.08. The average Bonchev–Trinajstić information content (AvgIpc) is 2.34. The van der Waals surface area contributed by atoms with Crippen molar-refractivity contribution < 1.29 is 28.9 Å². The van der Waals surface area contributed by atoms with Crippen LogP contribution in [0.2, 0.25) is 0 Å². The fourth-order valence-corrected chi connectivity index (χ4v) is 1.17. The van der Waals surface area contributed by atoms with Gasteiger partial charge in [0.05, 0.1) is 19.8 Å². The van der Waals surface area contributed by atoms with E-state index in [0.717, 1.165) is 0 Å². The zero-order valence-corrected chi connectivity index (χ0v) is 9.43. The fraction of sp³-hybridized carbons (Fsp3) is 0.273. The molecule has 6 heteroatoms. The Kier molecular flexibility index (Phi) is 4.33. The molecule has 1 rings (SSSR count). The Morgan fingerprint density at radius 1 is 1.24 bits per heavy atom. The number of aliphatic carboxylic acids is 1. The number of methoxy groups -OCH3 is 2. The van der Waals surface area contributed by atoms with Gasteiger partial charge in [-0.2, -0.15) is 0 Å². The highest BCUT2D eigenvalue weighted by molar-refractivity contribution is 5.90. The van der Waals surface area contributed by atoms with Gasteiger partial charge in [-0.3, -0.25) is 0 Å². The zero-order valence-electron chi connectivity index (χ0n) is 9.43. The van der Waals surface area contributed by atoms with E-state index < -0.39 is 18.5 Å². The number of carbonyl (C=O) groups excluding carboxylic acids is 1. The lowest BCUT2D eigenvalue weighted by Crippen LogP contribution is -2.10. The molecule has 0 saturated carbocycles. The molecule has 6 nitrogen and oxygen atoms in total. The second kappa shape index (κ2) is 5.74. The summed E-state index contributed by atoms with van der Waals surface area (Å²) in [7, 11) is 2.66. The quantitative estimate of drug-likeness (QED) is 0.771. The molecule has 1 aromatic carbocycles. The normalized spacial score (nSPS) is 9.53. The monoisotopic (exact) mass is 240 g/mol. The zero-order chi connectivity index (χ0) is 12.8. The second-order valence-corrected chi connectivity index (χ2v) is 3.04. The predicted molar refractivity (Wildman–Crippen MR) is 57.5 cm³/mol. The van der Waals surface area contributed by atoms with Crippen molar-refractivity contribution in [3.63, 3.8) is 0 Å². The Hall–Kier alpha value is -2.24. The molecule has 0 spiro atoms. The molecule has 17 heavy (non-hydrogen) atoms. The number of hydrogen-bond acceptors (Lipinski definition) is 5. The third kappa shape index (κ3) is 3.37. The number of carboxylic acid groups (broad SMARTS) is 1. The van der Waals surface area contributed by atoms with Gasteiger partial charge in [0.1, 0.15) is 0 Å². The van der Waals surface area contributed by atoms with Crippen LogP contribution in [0.4, 0.5) is 0 Å². The summed E-state index contributed by atoms with van der Waals surface area (Å²) >= 11 is 0. The molecule has 0 bridgehead atoms. The third-order valence-electron chi connectivity index (χ3n) is 1.94. The first-order valence-electron chi connectivity index (χ1n) is 4.69. The van der Waals surface area contributed by atoms with Gasteiger partial charge in [0.2, 0.25) is 0 Å². The minimum atomic E-state index is -1.09. The van der Waals surface area contributed by atoms with Crippen molar-refractivity contribution >= 4 is 11.9 Å². The van der Waals surface area contributed by atoms with Crippen LogP contribution in [0.15, 0.2) is 18.2 Å². The Bertz CT molecular complexity index is 426. The van der Waals surface area contributed by atoms with Crippen LogP contribution in [0.25, 0.3) is 0 Å². The second-order valence-electron chi connectivity index (χ2n) is 3.04. The molecule has 0 saturated heterocycles. The fourth-order valence-electron chi connectivity index (χ4n) is 1.17. The molecule has 0 aliphatic rings. The number of carbonyl (C=O) groups is 2. The van der Waals surface area contributed by atoms with Crippen molar-refractivity contribution in [2.45, 2.75) is 0 Å². The van der Waals surface area contributed by atoms with Crippen molar-refractivity contribution in [1.82, 2.24) is 0 Å². The lowest BCUT2D eigenvalue weighted by atomic mass is 10.2. The SMILES string of the molecule is COC(=O)c1ccc(OCC(=O)O)c(OC)c1. The molecule has 0 radical (unpaired) electrons. The lowest BCUT2D eigenvalue weighted by Gasteiger charge is -2.10. The molecular weight excluding hydrogens is 228 g/mol. The molecule has 0 fully saturated rings. The molecule has 0 aliphatic heterocycles. The van der Waals surface area contributed by atoms with Crippen LogP contribution in [0.5, 0.6) is 11.5 Å². The summed E-state index contributed by atoms with van der Waals surface area (Å²) in [6.45, 7) is -0.478. The Labute approximate surface area is 97.7 Å². The summed E-state index contributed by atoms with van der Waals surface area (Å²) < 4.78 is 14.5. The van der Waals surface area contributed by atoms with E-state index in [9.17, 15) is 9.59 Å². The van der Waals surface area contributed by atoms with E-state index in [-0.39, 0.29) is 11.5 Å². The molecule has 1 N–H and O–H groups in total. The molecule has 0 atom stereocenters. The van der Waals surface area contributed by atoms with Crippen LogP contribution in [0.1, 0.15) is 10.4 Å². The van der Waals surface area contributed by atoms with Crippen molar-refractivity contribution in [1.29, 1.82) is 0 Å². The molecule has 0 aromatic heterocycles. The van der Waals surface area contributed by atoms with E-state index in [2.05, 4.69) is 4.74 Å². The highest BCUT2D eigenvalue weighted by Gasteiger charge is 2.12. The number of rotatable bonds is 5. The number of benzene rings is 1. The van der Waals surface area contributed by atoms with Crippen molar-refractivity contribution in [2.24, 2.45) is 0 Å². The standard InChI is InChI=1S/C11H12O6/c1-15-9-5-7(11(14)16-2)3-4-8(9)17-6-10(12)13/h3-5H,6H2,1-2H3,(H,12,13). The Morgan fingerprint density at radius 2 is 1.94 bits per heavy atom. The number of hydrogen-bond donors (Lipinski definition) is 1. The van der Waals surface area contributed by atoms with Crippen LogP contribution in [-0.2, 0) is 9.53 Å². The maximum absolute atomic E-state index is 11.2. The van der Waals surface area contributed by atoms with Gasteiger partial charge in [0.15, 0.2) is 18.1 Å². The van der Waals surface area contributed by atoms with E-state index in [4.69, 9.17) is 14.6 Å². The first kappa shape index (κ1) is 12.8. The predicted octanol–water partition coefficient (Wildman–Crippen LogP) is 0.945. The average molecular weight is 240 g/mol. The minimum absolute atomic E-state index is 0.252. The maximum Gasteiger partial charge on any atom is 0.341 e. The molecule has 0 amide bonds. The van der Waals surface area contributed by atoms with Gasteiger partial charge < -0.3 is 19.3 Å². The van der Waals surface area contributed by atoms with Gasteiger partial charge >= 0.3 is 11.9 Å². The van der Waals surface area contributed by atoms with Crippen LogP contribution >= 0.6 is 0 Å². The van der Waals surface area contributed by atoms with Crippen molar-refractivity contribution in [2.75, 3.05) is 20.8 Å². The summed E-state index contributed by atoms with van der Waals surface area (Å²) in [5.41, 5.74) is 0.298. The van der Waals surface area contributed by atoms with Gasteiger partial charge in [0.25, 0.3) is 0 Å². The summed E-state index contributed by atoms with van der Waals surface area (Å²) in [5, 5.41) is 8.48. The Morgan fingerprint density at radius 3 is 2.47 bits per heavy atom. The van der Waals surface area contributed by atoms with Crippen LogP contribution in [0.3, 0.4) is 0 Å². The van der Waals surface area contributed by atoms with Crippen LogP contribution < -0.4 is 9.47 Å². The van der Waals surface area contributed by atoms with Crippen LogP contribution in [0, 0.1) is 0 Å². The topological polar surface area (TPSA) is 82.1 Å². The van der Waals surface area contributed by atoms with Gasteiger partial charge in [-0.25, -0.2) is 9.59 Å². The van der Waals surface area contributed by atoms with Crippen molar-refractivity contribution in [3.05, 3.63) is 23.8 Å². The Balaban J connectivity index is 2.93. The maximum atomic E-state index is 11.2. The largest absolute Gasteiger partial charge is 0.493 e. The number of ether oxygens (including phenoxy) is 3. The van der Waals surface area contributed by atoms with E-state index in [1.165, 1.54) is 32.4 Å². The van der Waals surface area contributed by atoms with Crippen molar-refractivity contribution in [3.8, 4) is 11.5 Å². The summed E-state index contributed by atoms with van der Waals surface area (Å²) in [4.78, 5) is 21.6. The molecule has 92 valence electrons. The summed E-state index contributed by atoms with van der Waals surface area (Å²) in [5.74, 6) is -1.08. The molecule has 0 unspecified atom stereocenters. The first-order valence-corrected chi connectivity index (χ1v) is 4.69. The van der Waals surface area contributed by atoms with E-state index in [0.29, 0.717) is 5.56 Å². The van der Waals surface area contributed by atoms with E-state index >= 15 is 0 Å². The van der Waals surface area contributed by atoms with Gasteiger partial charge in [-0.1, -0.05) is 0 Å². The summed E-state index contributed by atoms with van der Waals surface area (Å²) in [6.07, 6.45) is 0. The number of carboxylic acids is 1. The molecule has 1 aromatic rings. The highest BCUT2D eigenvalue weighted by atomic mass is 16.5. The highest BCUT2D eigenvalue weighted by Crippen LogP contribution is 2.28. The molecular formula is C11H12O6. The smallest absolute Gasteiger partial charge is 0.341 e. The minimum Gasteiger partial charge on any atom is -0.493 e. The van der Waals surface area contributed by atoms with Gasteiger partial charge in [-0.15, -0.1) is 0 Å². The van der Waals surface area contributed by atoms with E-state index in [1.54, 1.807) is 0 Å². The number of esters is 1. The molecule has 0 heterocycles. The third-order valence-corrected chi connectivity index (χ3v) is 1.94. The molecule has 0 aliphatic carbocycles. The van der Waals surface area contributed by atoms with Gasteiger partial charge in [-0.05, 0) is 18.2 Å². The van der Waals surface area contributed by atoms with E-state index in [1.807, 2.05) is 0 Å². The van der Waals surface area contributed by atoms with Gasteiger partial charge in [0, 0.05) is 0 Å². The summed E-state index contributed by atoms with van der Waals surface area (Å²) in [6, 6.07) is 4.34. The lowest BCUT2D eigenvalue weighted by molar-refractivity contribution is -0.139.